The molecule has 0 bridgehead atoms. The molecule has 0 fully saturated rings. The first-order chi connectivity index (χ1) is 14.3. The Bertz CT molecular complexity index is 1130. The summed E-state index contributed by atoms with van der Waals surface area (Å²) in [5, 5.41) is 42.6. The van der Waals surface area contributed by atoms with Crippen molar-refractivity contribution >= 4 is 16.9 Å². The van der Waals surface area contributed by atoms with Crippen LogP contribution in [-0.4, -0.2) is 53.3 Å². The van der Waals surface area contributed by atoms with E-state index in [0.717, 1.165) is 4.57 Å². The molecule has 12 heteroatoms. The Kier molecular flexibility index (Phi) is 6.34. The van der Waals surface area contributed by atoms with E-state index in [2.05, 4.69) is 10.3 Å². The maximum absolute atomic E-state index is 12.4. The first kappa shape index (κ1) is 21.7. The lowest BCUT2D eigenvalue weighted by Gasteiger charge is -2.25. The monoisotopic (exact) mass is 419 g/mol. The number of anilines is 1. The van der Waals surface area contributed by atoms with E-state index in [0.29, 0.717) is 18.7 Å². The molecule has 2 heterocycles. The van der Waals surface area contributed by atoms with E-state index < -0.39 is 23.4 Å². The molecule has 0 aliphatic carbocycles. The normalized spacial score (nSPS) is 13.5. The Morgan fingerprint density at radius 2 is 1.87 bits per heavy atom. The molecule has 0 aliphatic heterocycles. The Morgan fingerprint density at radius 3 is 2.47 bits per heavy atom. The molecule has 1 aromatic carbocycles. The van der Waals surface area contributed by atoms with E-state index in [1.807, 2.05) is 0 Å². The number of aliphatic hydroxyl groups is 2. The second-order valence-electron chi connectivity index (χ2n) is 6.87. The fourth-order valence-corrected chi connectivity index (χ4v) is 3.24. The van der Waals surface area contributed by atoms with Crippen LogP contribution >= 0.6 is 0 Å². The molecule has 4 N–H and O–H groups in total. The van der Waals surface area contributed by atoms with Gasteiger partial charge in [-0.25, -0.2) is 9.78 Å². The standard InChI is InChI=1S/C18H23N6O6/c1-21-16-14(17(27)22(2)18(21)28)23(10-20-16)8-7-19-13(9-25)15(26)11-3-5-12(6-4-11)24(29)30/h3-6,10,13,15,19,25-26,29H,7-9H2,1-2H3/q-1/t13-,15-/m0/s1. The molecule has 3 aromatic rings. The second kappa shape index (κ2) is 8.77. The zero-order chi connectivity index (χ0) is 22.0. The van der Waals surface area contributed by atoms with Gasteiger partial charge in [-0.3, -0.25) is 19.1 Å². The average Bonchev–Trinajstić information content (AvgIpc) is 3.17. The van der Waals surface area contributed by atoms with Crippen molar-refractivity contribution in [2.75, 3.05) is 18.4 Å². The minimum atomic E-state index is -1.07. The zero-order valence-corrected chi connectivity index (χ0v) is 16.5. The van der Waals surface area contributed by atoms with E-state index >= 15 is 0 Å². The molecule has 2 atom stereocenters. The van der Waals surface area contributed by atoms with Gasteiger partial charge in [0.25, 0.3) is 5.56 Å². The van der Waals surface area contributed by atoms with Crippen LogP contribution in [0.15, 0.2) is 40.2 Å². The largest absolute Gasteiger partial charge is 0.733 e. The van der Waals surface area contributed by atoms with Crippen molar-refractivity contribution in [3.63, 3.8) is 0 Å². The predicted molar refractivity (Wildman–Crippen MR) is 108 cm³/mol. The van der Waals surface area contributed by atoms with E-state index in [4.69, 9.17) is 5.21 Å². The van der Waals surface area contributed by atoms with Crippen molar-refractivity contribution in [3.05, 3.63) is 62.2 Å². The number of aromatic nitrogens is 4. The summed E-state index contributed by atoms with van der Waals surface area (Å²) in [5.74, 6) is 0. The first-order valence-corrected chi connectivity index (χ1v) is 9.15. The summed E-state index contributed by atoms with van der Waals surface area (Å²) >= 11 is 0. The summed E-state index contributed by atoms with van der Waals surface area (Å²) in [6.07, 6.45) is 0.385. The number of nitrogens with one attached hydrogen (secondary N) is 1. The highest BCUT2D eigenvalue weighted by Gasteiger charge is 2.20. The fraction of sp³-hybridized carbons (Fsp3) is 0.389. The summed E-state index contributed by atoms with van der Waals surface area (Å²) in [5.41, 5.74) is 0.0985. The van der Waals surface area contributed by atoms with Crippen LogP contribution in [0.4, 0.5) is 5.69 Å². The lowest BCUT2D eigenvalue weighted by Crippen LogP contribution is -2.40. The highest BCUT2D eigenvalue weighted by Crippen LogP contribution is 2.20. The van der Waals surface area contributed by atoms with Gasteiger partial charge in [-0.1, -0.05) is 12.1 Å². The van der Waals surface area contributed by atoms with Crippen LogP contribution in [0.5, 0.6) is 0 Å². The average molecular weight is 419 g/mol. The van der Waals surface area contributed by atoms with Gasteiger partial charge in [0, 0.05) is 27.2 Å². The molecule has 0 saturated carbocycles. The molecule has 0 spiro atoms. The molecule has 2 aromatic heterocycles. The van der Waals surface area contributed by atoms with Gasteiger partial charge in [-0.15, -0.1) is 0 Å². The van der Waals surface area contributed by atoms with Crippen molar-refractivity contribution in [2.45, 2.75) is 18.7 Å². The highest BCUT2D eigenvalue weighted by molar-refractivity contribution is 5.69. The highest BCUT2D eigenvalue weighted by atomic mass is 16.8. The number of hydrogen-bond donors (Lipinski definition) is 4. The van der Waals surface area contributed by atoms with E-state index in [-0.39, 0.29) is 28.7 Å². The number of benzene rings is 1. The second-order valence-corrected chi connectivity index (χ2v) is 6.87. The minimum Gasteiger partial charge on any atom is -0.733 e. The van der Waals surface area contributed by atoms with Crippen LogP contribution in [0.1, 0.15) is 11.7 Å². The molecule has 0 aliphatic rings. The van der Waals surface area contributed by atoms with Crippen LogP contribution in [-0.2, 0) is 20.6 Å². The molecule has 30 heavy (non-hydrogen) atoms. The summed E-state index contributed by atoms with van der Waals surface area (Å²) in [7, 11) is 2.93. The van der Waals surface area contributed by atoms with Crippen LogP contribution in [0.2, 0.25) is 0 Å². The van der Waals surface area contributed by atoms with Crippen molar-refractivity contribution < 1.29 is 15.4 Å². The summed E-state index contributed by atoms with van der Waals surface area (Å²) in [4.78, 5) is 28.6. The predicted octanol–water partition coefficient (Wildman–Crippen LogP) is -1.19. The third kappa shape index (κ3) is 3.99. The van der Waals surface area contributed by atoms with Crippen molar-refractivity contribution in [2.24, 2.45) is 14.1 Å². The number of rotatable bonds is 8. The summed E-state index contributed by atoms with van der Waals surface area (Å²) < 4.78 is 3.90. The van der Waals surface area contributed by atoms with Crippen LogP contribution in [0, 0.1) is 5.21 Å². The van der Waals surface area contributed by atoms with Crippen LogP contribution in [0.25, 0.3) is 11.2 Å². The molecule has 162 valence electrons. The van der Waals surface area contributed by atoms with Gasteiger partial charge in [0.1, 0.15) is 0 Å². The number of aliphatic hydroxyl groups excluding tert-OH is 2. The Balaban J connectivity index is 1.72. The van der Waals surface area contributed by atoms with Gasteiger partial charge in [-0.2, -0.15) is 0 Å². The third-order valence-electron chi connectivity index (χ3n) is 5.01. The maximum atomic E-state index is 12.4. The van der Waals surface area contributed by atoms with Crippen LogP contribution in [0.3, 0.4) is 0 Å². The quantitative estimate of drug-likeness (QED) is 0.329. The lowest BCUT2D eigenvalue weighted by atomic mass is 10.0. The SMILES string of the molecule is Cn1c(=O)c2c(ncn2CCN[C@@H](CO)[C@@H](O)c2ccc(N([O-])O)cc2)n(C)c1=O. The molecule has 0 radical (unpaired) electrons. The molecule has 0 saturated heterocycles. The number of nitrogens with zero attached hydrogens (tertiary/aromatic N) is 5. The Labute approximate surface area is 170 Å². The van der Waals surface area contributed by atoms with Gasteiger partial charge in [0.05, 0.1) is 30.8 Å². The van der Waals surface area contributed by atoms with Gasteiger partial charge >= 0.3 is 5.69 Å². The molecule has 12 nitrogen and oxygen atoms in total. The lowest BCUT2D eigenvalue weighted by molar-refractivity contribution is 0.0897. The third-order valence-corrected chi connectivity index (χ3v) is 5.01. The Morgan fingerprint density at radius 1 is 1.20 bits per heavy atom. The molecule has 0 unspecified atom stereocenters. The van der Waals surface area contributed by atoms with Gasteiger partial charge in [0.15, 0.2) is 11.2 Å². The van der Waals surface area contributed by atoms with E-state index in [1.54, 1.807) is 4.57 Å². The summed E-state index contributed by atoms with van der Waals surface area (Å²) in [6.45, 7) is 0.238. The van der Waals surface area contributed by atoms with Gasteiger partial charge in [-0.05, 0) is 17.7 Å². The molecular weight excluding hydrogens is 396 g/mol. The molecule has 3 rings (SSSR count). The van der Waals surface area contributed by atoms with Crippen molar-refractivity contribution in [1.29, 1.82) is 0 Å². The minimum absolute atomic E-state index is 0.0161. The van der Waals surface area contributed by atoms with Crippen LogP contribution < -0.4 is 21.8 Å². The number of imidazole rings is 1. The number of fused-ring (bicyclic) bond motifs is 1. The molecule has 0 amide bonds. The van der Waals surface area contributed by atoms with Gasteiger partial charge < -0.3 is 30.5 Å². The fourth-order valence-electron chi connectivity index (χ4n) is 3.24. The van der Waals surface area contributed by atoms with Crippen molar-refractivity contribution in [1.82, 2.24) is 24.0 Å². The number of hydrogen-bond acceptors (Lipinski definition) is 9. The molecular formula is C18H23N6O6-. The number of aryl methyl sites for hydroxylation is 1. The first-order valence-electron chi connectivity index (χ1n) is 9.15. The topological polar surface area (TPSA) is 161 Å². The summed E-state index contributed by atoms with van der Waals surface area (Å²) in [6, 6.07) is 4.92. The maximum Gasteiger partial charge on any atom is 0.332 e. The van der Waals surface area contributed by atoms with E-state index in [9.17, 15) is 25.0 Å². The smallest absolute Gasteiger partial charge is 0.332 e. The van der Waals surface area contributed by atoms with Crippen molar-refractivity contribution in [3.8, 4) is 0 Å². The van der Waals surface area contributed by atoms with E-state index in [1.165, 1.54) is 49.3 Å². The van der Waals surface area contributed by atoms with Gasteiger partial charge in [0.2, 0.25) is 0 Å². The Hall–Kier alpha value is -3.03. The zero-order valence-electron chi connectivity index (χ0n) is 16.5.